The lowest BCUT2D eigenvalue weighted by Crippen LogP contribution is -2.45. The molecular weight excluding hydrogens is 338 g/mol. The number of hydrogen-bond acceptors (Lipinski definition) is 4. The fraction of sp³-hybridized carbons (Fsp3) is 0.643. The van der Waals surface area contributed by atoms with Crippen molar-refractivity contribution in [2.45, 2.75) is 31.8 Å². The molecule has 0 spiro atoms. The standard InChI is InChI=1S/C14H22BrN3OS/c1-9(16)13(12-7-11(15)8-20-12)18-5-3-10(4-6-18)14(19)17-2/h7-10,13H,3-6,16H2,1-2H3,(H,17,19). The summed E-state index contributed by atoms with van der Waals surface area (Å²) in [4.78, 5) is 15.4. The van der Waals surface area contributed by atoms with Gasteiger partial charge in [-0.05, 0) is 54.9 Å². The molecule has 0 bridgehead atoms. The highest BCUT2D eigenvalue weighted by atomic mass is 79.9. The SMILES string of the molecule is CNC(=O)C1CCN(C(c2cc(Br)cs2)C(C)N)CC1. The van der Waals surface area contributed by atoms with Crippen LogP contribution in [-0.4, -0.2) is 37.0 Å². The van der Waals surface area contributed by atoms with E-state index in [1.807, 2.05) is 0 Å². The zero-order chi connectivity index (χ0) is 14.7. The minimum atomic E-state index is 0.0806. The quantitative estimate of drug-likeness (QED) is 0.867. The van der Waals surface area contributed by atoms with Gasteiger partial charge in [0.15, 0.2) is 0 Å². The average molecular weight is 360 g/mol. The molecule has 1 fully saturated rings. The summed E-state index contributed by atoms with van der Waals surface area (Å²) in [6, 6.07) is 2.48. The highest BCUT2D eigenvalue weighted by molar-refractivity contribution is 9.10. The first-order valence-electron chi connectivity index (χ1n) is 6.98. The topological polar surface area (TPSA) is 58.4 Å². The van der Waals surface area contributed by atoms with E-state index < -0.39 is 0 Å². The lowest BCUT2D eigenvalue weighted by Gasteiger charge is -2.38. The highest BCUT2D eigenvalue weighted by Gasteiger charge is 2.31. The number of nitrogens with one attached hydrogen (secondary N) is 1. The summed E-state index contributed by atoms with van der Waals surface area (Å²) in [7, 11) is 1.71. The van der Waals surface area contributed by atoms with Crippen molar-refractivity contribution in [3.63, 3.8) is 0 Å². The summed E-state index contributed by atoms with van der Waals surface area (Å²) in [5, 5.41) is 4.85. The molecule has 20 heavy (non-hydrogen) atoms. The predicted octanol–water partition coefficient (Wildman–Crippen LogP) is 2.36. The van der Waals surface area contributed by atoms with Gasteiger partial charge in [0.2, 0.25) is 5.91 Å². The van der Waals surface area contributed by atoms with E-state index in [4.69, 9.17) is 5.73 Å². The van der Waals surface area contributed by atoms with Crippen LogP contribution in [-0.2, 0) is 4.79 Å². The van der Waals surface area contributed by atoms with Crippen molar-refractivity contribution in [2.24, 2.45) is 11.7 Å². The van der Waals surface area contributed by atoms with Crippen molar-refractivity contribution in [1.82, 2.24) is 10.2 Å². The van der Waals surface area contributed by atoms with Crippen LogP contribution in [0.2, 0.25) is 0 Å². The van der Waals surface area contributed by atoms with Gasteiger partial charge < -0.3 is 11.1 Å². The third kappa shape index (κ3) is 3.61. The van der Waals surface area contributed by atoms with Crippen LogP contribution in [0.1, 0.15) is 30.7 Å². The second-order valence-electron chi connectivity index (χ2n) is 5.40. The summed E-state index contributed by atoms with van der Waals surface area (Å²) >= 11 is 5.25. The van der Waals surface area contributed by atoms with Crippen LogP contribution in [0.4, 0.5) is 0 Å². The number of piperidine rings is 1. The highest BCUT2D eigenvalue weighted by Crippen LogP contribution is 2.33. The lowest BCUT2D eigenvalue weighted by molar-refractivity contribution is -0.126. The molecule has 1 aliphatic heterocycles. The summed E-state index contributed by atoms with van der Waals surface area (Å²) < 4.78 is 1.11. The normalized spacial score (nSPS) is 20.6. The molecule has 4 nitrogen and oxygen atoms in total. The molecule has 1 amide bonds. The second-order valence-corrected chi connectivity index (χ2v) is 7.25. The predicted molar refractivity (Wildman–Crippen MR) is 86.8 cm³/mol. The average Bonchev–Trinajstić information content (AvgIpc) is 2.85. The third-order valence-electron chi connectivity index (χ3n) is 3.92. The van der Waals surface area contributed by atoms with Gasteiger partial charge in [-0.25, -0.2) is 0 Å². The van der Waals surface area contributed by atoms with Crippen molar-refractivity contribution >= 4 is 33.2 Å². The Morgan fingerprint density at radius 3 is 2.65 bits per heavy atom. The molecule has 1 aliphatic rings. The number of rotatable bonds is 4. The Balaban J connectivity index is 2.04. The molecule has 112 valence electrons. The molecule has 2 heterocycles. The van der Waals surface area contributed by atoms with E-state index in [9.17, 15) is 4.79 Å². The van der Waals surface area contributed by atoms with E-state index >= 15 is 0 Å². The number of nitrogens with two attached hydrogens (primary N) is 1. The van der Waals surface area contributed by atoms with E-state index in [1.165, 1.54) is 4.88 Å². The summed E-state index contributed by atoms with van der Waals surface area (Å²) in [5.41, 5.74) is 6.20. The molecule has 1 saturated heterocycles. The molecule has 1 aromatic rings. The number of hydrogen-bond donors (Lipinski definition) is 2. The van der Waals surface area contributed by atoms with Crippen LogP contribution >= 0.6 is 27.3 Å². The summed E-state index contributed by atoms with van der Waals surface area (Å²) in [6.45, 7) is 3.92. The van der Waals surface area contributed by atoms with E-state index in [2.05, 4.69) is 44.5 Å². The molecule has 1 aromatic heterocycles. The Labute approximate surface area is 132 Å². The maximum atomic E-state index is 11.7. The van der Waals surface area contributed by atoms with Gasteiger partial charge in [0, 0.05) is 33.7 Å². The Bertz CT molecular complexity index is 455. The van der Waals surface area contributed by atoms with Crippen molar-refractivity contribution in [1.29, 1.82) is 0 Å². The van der Waals surface area contributed by atoms with Crippen molar-refractivity contribution in [3.05, 3.63) is 20.8 Å². The molecular formula is C14H22BrN3OS. The van der Waals surface area contributed by atoms with E-state index in [0.717, 1.165) is 30.4 Å². The van der Waals surface area contributed by atoms with Crippen LogP contribution in [0, 0.1) is 5.92 Å². The van der Waals surface area contributed by atoms with Crippen LogP contribution in [0.3, 0.4) is 0 Å². The molecule has 2 atom stereocenters. The van der Waals surface area contributed by atoms with Crippen LogP contribution in [0.25, 0.3) is 0 Å². The fourth-order valence-corrected chi connectivity index (χ4v) is 4.59. The minimum Gasteiger partial charge on any atom is -0.359 e. The van der Waals surface area contributed by atoms with Gasteiger partial charge in [-0.1, -0.05) is 0 Å². The van der Waals surface area contributed by atoms with Gasteiger partial charge in [-0.15, -0.1) is 11.3 Å². The van der Waals surface area contributed by atoms with Crippen molar-refractivity contribution in [3.8, 4) is 0 Å². The maximum absolute atomic E-state index is 11.7. The molecule has 0 aliphatic carbocycles. The van der Waals surface area contributed by atoms with E-state index in [0.29, 0.717) is 0 Å². The van der Waals surface area contributed by atoms with Crippen molar-refractivity contribution in [2.75, 3.05) is 20.1 Å². The van der Waals surface area contributed by atoms with Crippen LogP contribution in [0.15, 0.2) is 15.9 Å². The number of halogens is 1. The number of carbonyl (C=O) groups excluding carboxylic acids is 1. The third-order valence-corrected chi connectivity index (χ3v) is 5.68. The van der Waals surface area contributed by atoms with Gasteiger partial charge in [0.1, 0.15) is 0 Å². The number of nitrogens with zero attached hydrogens (tertiary/aromatic N) is 1. The molecule has 2 unspecified atom stereocenters. The van der Waals surface area contributed by atoms with Crippen LogP contribution < -0.4 is 11.1 Å². The van der Waals surface area contributed by atoms with Gasteiger partial charge in [-0.2, -0.15) is 0 Å². The van der Waals surface area contributed by atoms with Gasteiger partial charge >= 0.3 is 0 Å². The summed E-state index contributed by atoms with van der Waals surface area (Å²) in [6.07, 6.45) is 1.82. The molecule has 2 rings (SSSR count). The molecule has 3 N–H and O–H groups in total. The minimum absolute atomic E-state index is 0.0806. The molecule has 0 aromatic carbocycles. The summed E-state index contributed by atoms with van der Waals surface area (Å²) in [5.74, 6) is 0.320. The number of likely N-dealkylation sites (tertiary alicyclic amines) is 1. The molecule has 0 radical (unpaired) electrons. The second kappa shape index (κ2) is 7.02. The molecule has 6 heteroatoms. The number of carbonyl (C=O) groups is 1. The van der Waals surface area contributed by atoms with Crippen molar-refractivity contribution < 1.29 is 4.79 Å². The number of thiophene rings is 1. The van der Waals surface area contributed by atoms with E-state index in [-0.39, 0.29) is 23.9 Å². The Morgan fingerprint density at radius 2 is 2.20 bits per heavy atom. The Hall–Kier alpha value is -0.430. The first-order chi connectivity index (χ1) is 9.52. The first kappa shape index (κ1) is 15.9. The smallest absolute Gasteiger partial charge is 0.222 e. The van der Waals surface area contributed by atoms with Crippen LogP contribution in [0.5, 0.6) is 0 Å². The van der Waals surface area contributed by atoms with E-state index in [1.54, 1.807) is 18.4 Å². The molecule has 0 saturated carbocycles. The number of amides is 1. The first-order valence-corrected chi connectivity index (χ1v) is 8.65. The largest absolute Gasteiger partial charge is 0.359 e. The monoisotopic (exact) mass is 359 g/mol. The lowest BCUT2D eigenvalue weighted by atomic mass is 9.93. The fourth-order valence-electron chi connectivity index (χ4n) is 2.90. The van der Waals surface area contributed by atoms with Gasteiger partial charge in [-0.3, -0.25) is 9.69 Å². The Kier molecular flexibility index (Phi) is 5.60. The zero-order valence-electron chi connectivity index (χ0n) is 11.9. The van der Waals surface area contributed by atoms with Gasteiger partial charge in [0.25, 0.3) is 0 Å². The zero-order valence-corrected chi connectivity index (χ0v) is 14.3. The van der Waals surface area contributed by atoms with Gasteiger partial charge in [0.05, 0.1) is 6.04 Å². The Morgan fingerprint density at radius 1 is 1.55 bits per heavy atom. The maximum Gasteiger partial charge on any atom is 0.222 e.